The van der Waals surface area contributed by atoms with Crippen molar-refractivity contribution in [3.05, 3.63) is 108 Å². The predicted octanol–water partition coefficient (Wildman–Crippen LogP) is 3.90. The van der Waals surface area contributed by atoms with Crippen molar-refractivity contribution in [3.8, 4) is 0 Å². The molecule has 3 amide bonds. The highest BCUT2D eigenvalue weighted by Gasteiger charge is 2.43. The third-order valence-corrected chi connectivity index (χ3v) is 7.03. The van der Waals surface area contributed by atoms with E-state index in [-0.39, 0.29) is 18.4 Å². The Morgan fingerprint density at radius 3 is 2.57 bits per heavy atom. The molecule has 0 fully saturated rings. The van der Waals surface area contributed by atoms with E-state index in [4.69, 9.17) is 0 Å². The first kappa shape index (κ1) is 22.6. The highest BCUT2D eigenvalue weighted by Crippen LogP contribution is 2.42. The summed E-state index contributed by atoms with van der Waals surface area (Å²) in [7, 11) is 0. The van der Waals surface area contributed by atoms with Crippen molar-refractivity contribution < 1.29 is 14.4 Å². The van der Waals surface area contributed by atoms with Gasteiger partial charge in [0.05, 0.1) is 6.04 Å². The molecule has 3 aromatic carbocycles. The van der Waals surface area contributed by atoms with E-state index < -0.39 is 18.0 Å². The number of aromatic amines is 1. The van der Waals surface area contributed by atoms with Gasteiger partial charge in [0.25, 0.3) is 17.7 Å². The van der Waals surface area contributed by atoms with E-state index in [0.29, 0.717) is 5.56 Å². The van der Waals surface area contributed by atoms with Crippen molar-refractivity contribution in [3.63, 3.8) is 0 Å². The number of benzene rings is 3. The lowest BCUT2D eigenvalue weighted by atomic mass is 9.97. The van der Waals surface area contributed by atoms with Gasteiger partial charge in [-0.05, 0) is 42.1 Å². The van der Waals surface area contributed by atoms with Crippen molar-refractivity contribution in [1.82, 2.24) is 25.3 Å². The number of aromatic nitrogens is 2. The fraction of sp³-hybridized carbons (Fsp3) is 0.138. The summed E-state index contributed by atoms with van der Waals surface area (Å²) in [6.07, 6.45) is 3.73. The first-order chi connectivity index (χ1) is 18.0. The number of nitrogens with one attached hydrogen (secondary N) is 3. The van der Waals surface area contributed by atoms with Gasteiger partial charge >= 0.3 is 0 Å². The third-order valence-electron chi connectivity index (χ3n) is 7.03. The van der Waals surface area contributed by atoms with Crippen LogP contribution in [0, 0.1) is 0 Å². The normalized spacial score (nSPS) is 15.6. The van der Waals surface area contributed by atoms with Crippen molar-refractivity contribution >= 4 is 39.5 Å². The van der Waals surface area contributed by atoms with E-state index in [1.807, 2.05) is 89.8 Å². The summed E-state index contributed by atoms with van der Waals surface area (Å²) in [4.78, 5) is 44.2. The number of hydrogen-bond acceptors (Lipinski definition) is 3. The Bertz CT molecular complexity index is 1670. The molecule has 0 spiro atoms. The van der Waals surface area contributed by atoms with E-state index in [0.717, 1.165) is 32.9 Å². The molecule has 0 saturated heterocycles. The molecule has 3 N–H and O–H groups in total. The second-order valence-electron chi connectivity index (χ2n) is 9.21. The molecule has 37 heavy (non-hydrogen) atoms. The van der Waals surface area contributed by atoms with E-state index in [9.17, 15) is 14.4 Å². The van der Waals surface area contributed by atoms with Crippen LogP contribution in [0.3, 0.4) is 0 Å². The van der Waals surface area contributed by atoms with Gasteiger partial charge in [-0.2, -0.15) is 0 Å². The van der Waals surface area contributed by atoms with Gasteiger partial charge in [0, 0.05) is 39.9 Å². The van der Waals surface area contributed by atoms with E-state index in [1.54, 1.807) is 17.9 Å². The highest BCUT2D eigenvalue weighted by atomic mass is 16.2. The number of rotatable bonds is 5. The minimum Gasteiger partial charge on any atom is -0.361 e. The molecule has 1 aliphatic rings. The molecule has 2 unspecified atom stereocenters. The van der Waals surface area contributed by atoms with Gasteiger partial charge in [0.15, 0.2) is 0 Å². The summed E-state index contributed by atoms with van der Waals surface area (Å²) in [5.41, 5.74) is 9.23. The lowest BCUT2D eigenvalue weighted by molar-refractivity contribution is -0.131. The van der Waals surface area contributed by atoms with Gasteiger partial charge in [-0.15, -0.1) is 0 Å². The van der Waals surface area contributed by atoms with E-state index >= 15 is 0 Å². The minimum atomic E-state index is -0.841. The van der Waals surface area contributed by atoms with Gasteiger partial charge < -0.3 is 14.5 Å². The maximum Gasteiger partial charge on any atom is 0.260 e. The molecule has 2 aromatic heterocycles. The molecule has 6 rings (SSSR count). The minimum absolute atomic E-state index is 0.0498. The average molecular weight is 492 g/mol. The molecule has 5 aromatic rings. The fourth-order valence-electron chi connectivity index (χ4n) is 5.21. The van der Waals surface area contributed by atoms with Crippen LogP contribution in [0.25, 0.3) is 21.8 Å². The number of amides is 3. The molecule has 3 heterocycles. The Labute approximate surface area is 212 Å². The number of H-pyrrole nitrogens is 1. The number of carbonyl (C=O) groups is 3. The number of hydrazine groups is 1. The predicted molar refractivity (Wildman–Crippen MR) is 140 cm³/mol. The second-order valence-corrected chi connectivity index (χ2v) is 9.21. The lowest BCUT2D eigenvalue weighted by Crippen LogP contribution is -2.52. The van der Waals surface area contributed by atoms with Crippen molar-refractivity contribution in [2.75, 3.05) is 0 Å². The number of para-hydroxylation sites is 2. The van der Waals surface area contributed by atoms with Crippen LogP contribution < -0.4 is 10.9 Å². The van der Waals surface area contributed by atoms with Crippen molar-refractivity contribution in [1.29, 1.82) is 0 Å². The fourth-order valence-corrected chi connectivity index (χ4v) is 5.21. The van der Waals surface area contributed by atoms with Crippen LogP contribution in [0.15, 0.2) is 91.3 Å². The van der Waals surface area contributed by atoms with Crippen LogP contribution in [0.5, 0.6) is 0 Å². The standard InChI is InChI=1S/C29H25N5O3/c1-18(28(36)32-31-26(35)17-33-15-14-19-8-2-7-13-25(19)33)34-27(21-10-3-4-11-22(21)29(34)37)23-16-30-24-12-6-5-9-20(23)24/h2-16,18,27,30H,17H2,1H3,(H,31,35)(H,32,36). The zero-order valence-electron chi connectivity index (χ0n) is 20.1. The first-order valence-electron chi connectivity index (χ1n) is 12.1. The second kappa shape index (κ2) is 8.98. The van der Waals surface area contributed by atoms with Gasteiger partial charge in [-0.1, -0.05) is 54.6 Å². The number of hydrogen-bond donors (Lipinski definition) is 3. The van der Waals surface area contributed by atoms with Crippen LogP contribution in [-0.4, -0.2) is 38.2 Å². The van der Waals surface area contributed by atoms with Crippen LogP contribution in [-0.2, 0) is 16.1 Å². The zero-order valence-corrected chi connectivity index (χ0v) is 20.1. The molecule has 0 radical (unpaired) electrons. The van der Waals surface area contributed by atoms with Crippen LogP contribution in [0.1, 0.15) is 34.5 Å². The largest absolute Gasteiger partial charge is 0.361 e. The Hall–Kier alpha value is -4.85. The smallest absolute Gasteiger partial charge is 0.260 e. The van der Waals surface area contributed by atoms with Gasteiger partial charge in [-0.25, -0.2) is 0 Å². The SMILES string of the molecule is CC(C(=O)NNC(=O)Cn1ccc2ccccc21)N1C(=O)c2ccccc2C1c1c[nH]c2ccccc12. The summed E-state index contributed by atoms with van der Waals surface area (Å²) in [6.45, 7) is 1.72. The quantitative estimate of drug-likeness (QED) is 0.325. The number of carbonyl (C=O) groups excluding carboxylic acids is 3. The maximum atomic E-state index is 13.5. The molecular weight excluding hydrogens is 466 g/mol. The lowest BCUT2D eigenvalue weighted by Gasteiger charge is -2.30. The molecule has 0 saturated carbocycles. The van der Waals surface area contributed by atoms with Gasteiger partial charge in [0.1, 0.15) is 12.6 Å². The van der Waals surface area contributed by atoms with Crippen molar-refractivity contribution in [2.45, 2.75) is 25.6 Å². The molecule has 8 nitrogen and oxygen atoms in total. The number of fused-ring (bicyclic) bond motifs is 3. The molecule has 2 atom stereocenters. The van der Waals surface area contributed by atoms with Crippen molar-refractivity contribution in [2.24, 2.45) is 0 Å². The summed E-state index contributed by atoms with van der Waals surface area (Å²) >= 11 is 0. The summed E-state index contributed by atoms with van der Waals surface area (Å²) in [6, 6.07) is 23.7. The molecule has 0 bridgehead atoms. The summed E-state index contributed by atoms with van der Waals surface area (Å²) < 4.78 is 1.81. The molecule has 1 aliphatic heterocycles. The average Bonchev–Trinajstić information content (AvgIpc) is 3.61. The summed E-state index contributed by atoms with van der Waals surface area (Å²) in [5, 5.41) is 2.02. The maximum absolute atomic E-state index is 13.5. The van der Waals surface area contributed by atoms with Crippen LogP contribution in [0.4, 0.5) is 0 Å². The Balaban J connectivity index is 1.22. The van der Waals surface area contributed by atoms with E-state index in [2.05, 4.69) is 15.8 Å². The Kier molecular flexibility index (Phi) is 5.49. The van der Waals surface area contributed by atoms with Gasteiger partial charge in [0.2, 0.25) is 0 Å². The monoisotopic (exact) mass is 491 g/mol. The topological polar surface area (TPSA) is 99.2 Å². The third kappa shape index (κ3) is 3.83. The van der Waals surface area contributed by atoms with Crippen LogP contribution >= 0.6 is 0 Å². The van der Waals surface area contributed by atoms with Crippen LogP contribution in [0.2, 0.25) is 0 Å². The molecular formula is C29H25N5O3. The zero-order chi connectivity index (χ0) is 25.5. The first-order valence-corrected chi connectivity index (χ1v) is 12.1. The Morgan fingerprint density at radius 2 is 1.68 bits per heavy atom. The molecule has 184 valence electrons. The van der Waals surface area contributed by atoms with Gasteiger partial charge in [-0.3, -0.25) is 25.2 Å². The Morgan fingerprint density at radius 1 is 0.919 bits per heavy atom. The highest BCUT2D eigenvalue weighted by molar-refractivity contribution is 6.03. The number of nitrogens with zero attached hydrogens (tertiary/aromatic N) is 2. The summed E-state index contributed by atoms with van der Waals surface area (Å²) in [5.74, 6) is -1.07. The van der Waals surface area contributed by atoms with E-state index in [1.165, 1.54) is 0 Å². The molecule has 0 aliphatic carbocycles. The molecule has 8 heteroatoms.